The van der Waals surface area contributed by atoms with Crippen molar-refractivity contribution < 1.29 is 4.79 Å². The van der Waals surface area contributed by atoms with E-state index < -0.39 is 0 Å². The van der Waals surface area contributed by atoms with Crippen LogP contribution in [0.15, 0.2) is 40.9 Å². The molecule has 2 rings (SSSR count). The Balaban J connectivity index is 2.23. The largest absolute Gasteiger partial charge is 0.322 e. The van der Waals surface area contributed by atoms with Crippen LogP contribution in [-0.2, 0) is 0 Å². The minimum absolute atomic E-state index is 0.168. The molecular formula is C14H10BrClINO. The fourth-order valence-electron chi connectivity index (χ4n) is 1.60. The van der Waals surface area contributed by atoms with Crippen molar-refractivity contribution in [2.45, 2.75) is 6.92 Å². The van der Waals surface area contributed by atoms with Crippen LogP contribution in [0, 0.1) is 10.5 Å². The van der Waals surface area contributed by atoms with Gasteiger partial charge in [0.2, 0.25) is 0 Å². The molecule has 1 N–H and O–H groups in total. The normalized spacial score (nSPS) is 10.3. The Labute approximate surface area is 138 Å². The maximum Gasteiger partial charge on any atom is 0.255 e. The van der Waals surface area contributed by atoms with Crippen molar-refractivity contribution in [2.75, 3.05) is 5.32 Å². The van der Waals surface area contributed by atoms with Crippen LogP contribution in [0.5, 0.6) is 0 Å². The summed E-state index contributed by atoms with van der Waals surface area (Å²) in [4.78, 5) is 12.1. The predicted octanol–water partition coefficient (Wildman–Crippen LogP) is 5.27. The predicted molar refractivity (Wildman–Crippen MR) is 91.0 cm³/mol. The first-order chi connectivity index (χ1) is 8.97. The van der Waals surface area contributed by atoms with Gasteiger partial charge < -0.3 is 5.32 Å². The second kappa shape index (κ2) is 6.24. The molecule has 0 aliphatic heterocycles. The van der Waals surface area contributed by atoms with Crippen LogP contribution in [0.4, 0.5) is 5.69 Å². The van der Waals surface area contributed by atoms with Gasteiger partial charge in [0.05, 0.1) is 5.02 Å². The van der Waals surface area contributed by atoms with E-state index in [0.717, 1.165) is 19.3 Å². The van der Waals surface area contributed by atoms with Gasteiger partial charge in [0.25, 0.3) is 5.91 Å². The second-order valence-electron chi connectivity index (χ2n) is 4.04. The molecule has 0 saturated heterocycles. The molecule has 0 aliphatic rings. The zero-order chi connectivity index (χ0) is 14.0. The Morgan fingerprint density at radius 3 is 2.63 bits per heavy atom. The number of hydrogen-bond donors (Lipinski definition) is 1. The molecule has 2 aromatic rings. The van der Waals surface area contributed by atoms with Gasteiger partial charge in [-0.25, -0.2) is 0 Å². The molecule has 0 spiro atoms. The van der Waals surface area contributed by atoms with E-state index in [1.54, 1.807) is 18.2 Å². The Kier molecular flexibility index (Phi) is 4.86. The van der Waals surface area contributed by atoms with E-state index in [1.165, 1.54) is 0 Å². The Morgan fingerprint density at radius 2 is 2.00 bits per heavy atom. The minimum Gasteiger partial charge on any atom is -0.322 e. The first-order valence-electron chi connectivity index (χ1n) is 5.50. The molecule has 98 valence electrons. The number of nitrogens with one attached hydrogen (secondary N) is 1. The van der Waals surface area contributed by atoms with Crippen molar-refractivity contribution in [2.24, 2.45) is 0 Å². The summed E-state index contributed by atoms with van der Waals surface area (Å²) >= 11 is 11.5. The zero-order valence-corrected chi connectivity index (χ0v) is 14.5. The highest BCUT2D eigenvalue weighted by Crippen LogP contribution is 2.24. The molecule has 0 fully saturated rings. The molecule has 2 aromatic carbocycles. The lowest BCUT2D eigenvalue weighted by Crippen LogP contribution is -2.12. The van der Waals surface area contributed by atoms with Crippen molar-refractivity contribution >= 4 is 61.7 Å². The van der Waals surface area contributed by atoms with Crippen LogP contribution >= 0.6 is 50.1 Å². The van der Waals surface area contributed by atoms with Crippen molar-refractivity contribution in [1.29, 1.82) is 0 Å². The summed E-state index contributed by atoms with van der Waals surface area (Å²) in [6, 6.07) is 11.0. The van der Waals surface area contributed by atoms with Crippen LogP contribution in [0.3, 0.4) is 0 Å². The van der Waals surface area contributed by atoms with Gasteiger partial charge in [0.15, 0.2) is 0 Å². The summed E-state index contributed by atoms with van der Waals surface area (Å²) in [5, 5.41) is 3.40. The van der Waals surface area contributed by atoms with Gasteiger partial charge >= 0.3 is 0 Å². The van der Waals surface area contributed by atoms with E-state index >= 15 is 0 Å². The number of hydrogen-bond acceptors (Lipinski definition) is 1. The maximum atomic E-state index is 12.1. The highest BCUT2D eigenvalue weighted by atomic mass is 127. The summed E-state index contributed by atoms with van der Waals surface area (Å²) in [5.41, 5.74) is 2.37. The molecule has 2 nitrogen and oxygen atoms in total. The maximum absolute atomic E-state index is 12.1. The van der Waals surface area contributed by atoms with Gasteiger partial charge in [-0.2, -0.15) is 0 Å². The topological polar surface area (TPSA) is 29.1 Å². The summed E-state index contributed by atoms with van der Waals surface area (Å²) in [6.07, 6.45) is 0. The first kappa shape index (κ1) is 14.8. The smallest absolute Gasteiger partial charge is 0.255 e. The average Bonchev–Trinajstić information content (AvgIpc) is 2.36. The number of halogens is 3. The van der Waals surface area contributed by atoms with Gasteiger partial charge in [0, 0.05) is 19.3 Å². The lowest BCUT2D eigenvalue weighted by molar-refractivity contribution is 0.102. The molecule has 0 aromatic heterocycles. The number of aryl methyl sites for hydroxylation is 1. The zero-order valence-electron chi connectivity index (χ0n) is 10.0. The molecule has 0 heterocycles. The molecular weight excluding hydrogens is 440 g/mol. The Hall–Kier alpha value is -0.590. The van der Waals surface area contributed by atoms with E-state index in [9.17, 15) is 4.79 Å². The minimum atomic E-state index is -0.168. The highest BCUT2D eigenvalue weighted by Gasteiger charge is 2.09. The fourth-order valence-corrected chi connectivity index (χ4v) is 2.67. The molecule has 5 heteroatoms. The SMILES string of the molecule is Cc1cc(I)ccc1NC(=O)c1ccc(Br)c(Cl)c1. The molecule has 1 amide bonds. The third-order valence-corrected chi connectivity index (χ3v) is 4.52. The number of carbonyl (C=O) groups excluding carboxylic acids is 1. The van der Waals surface area contributed by atoms with Crippen LogP contribution in [-0.4, -0.2) is 5.91 Å². The summed E-state index contributed by atoms with van der Waals surface area (Å²) in [6.45, 7) is 1.96. The lowest BCUT2D eigenvalue weighted by Gasteiger charge is -2.09. The standard InChI is InChI=1S/C14H10BrClINO/c1-8-6-10(17)3-5-13(8)18-14(19)9-2-4-11(15)12(16)7-9/h2-7H,1H3,(H,18,19). The van der Waals surface area contributed by atoms with Gasteiger partial charge in [-0.3, -0.25) is 4.79 Å². The molecule has 0 bridgehead atoms. The number of benzene rings is 2. The fraction of sp³-hybridized carbons (Fsp3) is 0.0714. The monoisotopic (exact) mass is 449 g/mol. The van der Waals surface area contributed by atoms with E-state index in [0.29, 0.717) is 10.6 Å². The quantitative estimate of drug-likeness (QED) is 0.621. The van der Waals surface area contributed by atoms with E-state index in [2.05, 4.69) is 43.8 Å². The van der Waals surface area contributed by atoms with Crippen molar-refractivity contribution in [3.63, 3.8) is 0 Å². The van der Waals surface area contributed by atoms with Gasteiger partial charge in [-0.05, 0) is 87.4 Å². The van der Waals surface area contributed by atoms with Crippen LogP contribution in [0.1, 0.15) is 15.9 Å². The number of rotatable bonds is 2. The third-order valence-electron chi connectivity index (χ3n) is 2.62. The average molecular weight is 451 g/mol. The molecule has 0 aliphatic carbocycles. The molecule has 0 atom stereocenters. The lowest BCUT2D eigenvalue weighted by atomic mass is 10.1. The van der Waals surface area contributed by atoms with Crippen molar-refractivity contribution in [1.82, 2.24) is 0 Å². The van der Waals surface area contributed by atoms with Crippen LogP contribution < -0.4 is 5.32 Å². The van der Waals surface area contributed by atoms with Crippen LogP contribution in [0.2, 0.25) is 5.02 Å². The number of amides is 1. The number of carbonyl (C=O) groups is 1. The van der Waals surface area contributed by atoms with E-state index in [-0.39, 0.29) is 5.91 Å². The van der Waals surface area contributed by atoms with E-state index in [4.69, 9.17) is 11.6 Å². The first-order valence-corrected chi connectivity index (χ1v) is 7.75. The second-order valence-corrected chi connectivity index (χ2v) is 6.55. The van der Waals surface area contributed by atoms with E-state index in [1.807, 2.05) is 25.1 Å². The van der Waals surface area contributed by atoms with Gasteiger partial charge in [-0.1, -0.05) is 11.6 Å². The number of anilines is 1. The summed E-state index contributed by atoms with van der Waals surface area (Å²) < 4.78 is 1.91. The van der Waals surface area contributed by atoms with Crippen molar-refractivity contribution in [3.8, 4) is 0 Å². The Bertz CT molecular complexity index is 645. The van der Waals surface area contributed by atoms with Gasteiger partial charge in [-0.15, -0.1) is 0 Å². The molecule has 19 heavy (non-hydrogen) atoms. The highest BCUT2D eigenvalue weighted by molar-refractivity contribution is 14.1. The molecule has 0 radical (unpaired) electrons. The summed E-state index contributed by atoms with van der Waals surface area (Å²) in [7, 11) is 0. The summed E-state index contributed by atoms with van der Waals surface area (Å²) in [5.74, 6) is -0.168. The van der Waals surface area contributed by atoms with Crippen molar-refractivity contribution in [3.05, 3.63) is 60.6 Å². The third kappa shape index (κ3) is 3.70. The molecule has 0 unspecified atom stereocenters. The van der Waals surface area contributed by atoms with Gasteiger partial charge in [0.1, 0.15) is 0 Å². The Morgan fingerprint density at radius 1 is 1.26 bits per heavy atom. The molecule has 0 saturated carbocycles. The van der Waals surface area contributed by atoms with Crippen LogP contribution in [0.25, 0.3) is 0 Å².